The van der Waals surface area contributed by atoms with Crippen LogP contribution in [0.5, 0.6) is 0 Å². The van der Waals surface area contributed by atoms with Gasteiger partial charge in [-0.25, -0.2) is 0 Å². The van der Waals surface area contributed by atoms with Crippen molar-refractivity contribution in [1.82, 2.24) is 5.32 Å². The van der Waals surface area contributed by atoms with E-state index in [0.717, 1.165) is 38.0 Å². The van der Waals surface area contributed by atoms with Gasteiger partial charge in [0.05, 0.1) is 0 Å². The normalized spacial score (nSPS) is 18.5. The highest BCUT2D eigenvalue weighted by atomic mass is 35.5. The van der Waals surface area contributed by atoms with Crippen LogP contribution in [0.3, 0.4) is 0 Å². The number of nitrogens with one attached hydrogen (secondary N) is 1. The van der Waals surface area contributed by atoms with Crippen molar-refractivity contribution >= 4 is 24.0 Å². The number of benzene rings is 1. The molecule has 18 heavy (non-hydrogen) atoms. The van der Waals surface area contributed by atoms with Gasteiger partial charge in [0.25, 0.3) is 0 Å². The number of amides is 1. The molecule has 4 heteroatoms. The molecule has 2 heterocycles. The first-order valence-corrected chi connectivity index (χ1v) is 6.37. The fourth-order valence-corrected chi connectivity index (χ4v) is 2.82. The molecular weight excluding hydrogens is 248 g/mol. The standard InChI is InChI=1S/C14H18N2O.ClH/c1-16-13-9-11-5-7-15-6-4-10(11)8-12(13)2-3-14(16)17;/h8-9,15H,2-7H2,1H3;1H. The highest BCUT2D eigenvalue weighted by Gasteiger charge is 2.22. The molecular formula is C14H19ClN2O. The molecule has 1 aromatic rings. The van der Waals surface area contributed by atoms with E-state index in [1.54, 1.807) is 0 Å². The molecule has 3 rings (SSSR count). The van der Waals surface area contributed by atoms with E-state index in [0.29, 0.717) is 6.42 Å². The smallest absolute Gasteiger partial charge is 0.227 e. The van der Waals surface area contributed by atoms with Gasteiger partial charge in [-0.3, -0.25) is 4.79 Å². The Morgan fingerprint density at radius 2 is 1.67 bits per heavy atom. The molecule has 1 N–H and O–H groups in total. The van der Waals surface area contributed by atoms with Crippen molar-refractivity contribution in [3.63, 3.8) is 0 Å². The van der Waals surface area contributed by atoms with Crippen LogP contribution in [-0.4, -0.2) is 26.0 Å². The predicted molar refractivity (Wildman–Crippen MR) is 75.7 cm³/mol. The number of hydrogen-bond acceptors (Lipinski definition) is 2. The number of aryl methyl sites for hydroxylation is 1. The van der Waals surface area contributed by atoms with E-state index < -0.39 is 0 Å². The first-order chi connectivity index (χ1) is 8.25. The largest absolute Gasteiger partial charge is 0.316 e. The first-order valence-electron chi connectivity index (χ1n) is 6.37. The molecule has 98 valence electrons. The number of carbonyl (C=O) groups excluding carboxylic acids is 1. The predicted octanol–water partition coefficient (Wildman–Crippen LogP) is 1.71. The molecule has 0 unspecified atom stereocenters. The Kier molecular flexibility index (Phi) is 3.93. The molecule has 0 radical (unpaired) electrons. The highest BCUT2D eigenvalue weighted by molar-refractivity contribution is 5.96. The van der Waals surface area contributed by atoms with Gasteiger partial charge in [0.15, 0.2) is 0 Å². The van der Waals surface area contributed by atoms with Crippen LogP contribution >= 0.6 is 12.4 Å². The van der Waals surface area contributed by atoms with Crippen LogP contribution in [0.2, 0.25) is 0 Å². The van der Waals surface area contributed by atoms with Gasteiger partial charge < -0.3 is 10.2 Å². The van der Waals surface area contributed by atoms with Gasteiger partial charge in [0, 0.05) is 19.2 Å². The minimum Gasteiger partial charge on any atom is -0.316 e. The zero-order chi connectivity index (χ0) is 11.8. The molecule has 0 bridgehead atoms. The van der Waals surface area contributed by atoms with Crippen LogP contribution in [0.25, 0.3) is 0 Å². The Morgan fingerprint density at radius 1 is 1.00 bits per heavy atom. The molecule has 3 nitrogen and oxygen atoms in total. The number of hydrogen-bond donors (Lipinski definition) is 1. The van der Waals surface area contributed by atoms with Crippen LogP contribution in [0.4, 0.5) is 5.69 Å². The van der Waals surface area contributed by atoms with E-state index in [-0.39, 0.29) is 18.3 Å². The summed E-state index contributed by atoms with van der Waals surface area (Å²) in [6.07, 6.45) is 3.74. The van der Waals surface area contributed by atoms with E-state index >= 15 is 0 Å². The first kappa shape index (κ1) is 13.4. The highest BCUT2D eigenvalue weighted by Crippen LogP contribution is 2.30. The second kappa shape index (κ2) is 5.29. The molecule has 1 amide bonds. The fraction of sp³-hybridized carbons (Fsp3) is 0.500. The lowest BCUT2D eigenvalue weighted by atomic mass is 9.93. The van der Waals surface area contributed by atoms with Gasteiger partial charge in [-0.1, -0.05) is 6.07 Å². The monoisotopic (exact) mass is 266 g/mol. The maximum atomic E-state index is 11.7. The quantitative estimate of drug-likeness (QED) is 0.775. The Balaban J connectivity index is 0.00000120. The average molecular weight is 267 g/mol. The molecule has 0 fully saturated rings. The zero-order valence-corrected chi connectivity index (χ0v) is 11.5. The van der Waals surface area contributed by atoms with Crippen LogP contribution in [0, 0.1) is 0 Å². The topological polar surface area (TPSA) is 32.3 Å². The van der Waals surface area contributed by atoms with Crippen LogP contribution in [0.1, 0.15) is 23.1 Å². The Bertz CT molecular complexity index is 473. The molecule has 0 saturated heterocycles. The SMILES string of the molecule is CN1C(=O)CCc2cc3c(cc21)CCNCC3.Cl. The molecule has 1 aromatic carbocycles. The summed E-state index contributed by atoms with van der Waals surface area (Å²) < 4.78 is 0. The number of rotatable bonds is 0. The van der Waals surface area contributed by atoms with Gasteiger partial charge in [0.1, 0.15) is 0 Å². The Morgan fingerprint density at radius 3 is 2.39 bits per heavy atom. The van der Waals surface area contributed by atoms with Gasteiger partial charge >= 0.3 is 0 Å². The third kappa shape index (κ3) is 2.25. The van der Waals surface area contributed by atoms with Crippen molar-refractivity contribution in [2.75, 3.05) is 25.0 Å². The number of anilines is 1. The van der Waals surface area contributed by atoms with Crippen molar-refractivity contribution in [1.29, 1.82) is 0 Å². The van der Waals surface area contributed by atoms with Gasteiger partial charge in [0.2, 0.25) is 5.91 Å². The number of nitrogens with zero attached hydrogens (tertiary/aromatic N) is 1. The number of halogens is 1. The Labute approximate surface area is 114 Å². The van der Waals surface area contributed by atoms with Crippen molar-refractivity contribution < 1.29 is 4.79 Å². The lowest BCUT2D eigenvalue weighted by molar-refractivity contribution is -0.118. The minimum absolute atomic E-state index is 0. The third-order valence-corrected chi connectivity index (χ3v) is 3.89. The summed E-state index contributed by atoms with van der Waals surface area (Å²) >= 11 is 0. The molecule has 0 aliphatic carbocycles. The summed E-state index contributed by atoms with van der Waals surface area (Å²) in [5.74, 6) is 0.240. The molecule has 0 atom stereocenters. The third-order valence-electron chi connectivity index (χ3n) is 3.89. The maximum absolute atomic E-state index is 11.7. The van der Waals surface area contributed by atoms with Gasteiger partial charge in [-0.15, -0.1) is 12.4 Å². The number of carbonyl (C=O) groups is 1. The molecule has 2 aliphatic rings. The van der Waals surface area contributed by atoms with Crippen molar-refractivity contribution in [2.45, 2.75) is 25.7 Å². The lowest BCUT2D eigenvalue weighted by Crippen LogP contribution is -2.31. The summed E-state index contributed by atoms with van der Waals surface area (Å²) in [4.78, 5) is 13.5. The summed E-state index contributed by atoms with van der Waals surface area (Å²) in [5.41, 5.74) is 5.35. The van der Waals surface area contributed by atoms with Crippen LogP contribution in [0.15, 0.2) is 12.1 Å². The zero-order valence-electron chi connectivity index (χ0n) is 10.7. The second-order valence-electron chi connectivity index (χ2n) is 4.95. The summed E-state index contributed by atoms with van der Waals surface area (Å²) in [6, 6.07) is 4.55. The summed E-state index contributed by atoms with van der Waals surface area (Å²) in [5, 5.41) is 3.42. The van der Waals surface area contributed by atoms with Gasteiger partial charge in [-0.2, -0.15) is 0 Å². The van der Waals surface area contributed by atoms with E-state index in [4.69, 9.17) is 0 Å². The van der Waals surface area contributed by atoms with Crippen LogP contribution < -0.4 is 10.2 Å². The molecule has 0 aromatic heterocycles. The van der Waals surface area contributed by atoms with Crippen molar-refractivity contribution in [2.24, 2.45) is 0 Å². The van der Waals surface area contributed by atoms with E-state index in [2.05, 4.69) is 17.4 Å². The van der Waals surface area contributed by atoms with Crippen LogP contribution in [-0.2, 0) is 24.1 Å². The maximum Gasteiger partial charge on any atom is 0.227 e. The van der Waals surface area contributed by atoms with Crippen molar-refractivity contribution in [3.8, 4) is 0 Å². The summed E-state index contributed by atoms with van der Waals surface area (Å²) in [6.45, 7) is 2.12. The number of fused-ring (bicyclic) bond motifs is 2. The second-order valence-corrected chi connectivity index (χ2v) is 4.95. The fourth-order valence-electron chi connectivity index (χ4n) is 2.82. The van der Waals surface area contributed by atoms with E-state index in [1.165, 1.54) is 16.7 Å². The van der Waals surface area contributed by atoms with Crippen molar-refractivity contribution in [3.05, 3.63) is 28.8 Å². The van der Waals surface area contributed by atoms with Gasteiger partial charge in [-0.05, 0) is 55.1 Å². The summed E-state index contributed by atoms with van der Waals surface area (Å²) in [7, 11) is 1.89. The molecule has 0 saturated carbocycles. The minimum atomic E-state index is 0. The molecule has 2 aliphatic heterocycles. The van der Waals surface area contributed by atoms with E-state index in [9.17, 15) is 4.79 Å². The average Bonchev–Trinajstić information content (AvgIpc) is 2.57. The Hall–Kier alpha value is -1.06. The van der Waals surface area contributed by atoms with E-state index in [1.807, 2.05) is 11.9 Å². The molecule has 0 spiro atoms. The lowest BCUT2D eigenvalue weighted by Gasteiger charge is -2.27.